The Labute approximate surface area is 168 Å². The zero-order valence-electron chi connectivity index (χ0n) is 15.8. The van der Waals surface area contributed by atoms with E-state index in [0.29, 0.717) is 12.0 Å². The smallest absolute Gasteiger partial charge is 0.183 e. The molecule has 0 bridgehead atoms. The molecular formula is C20H26N3O2W-. The van der Waals surface area contributed by atoms with Crippen LogP contribution in [0.15, 0.2) is 18.2 Å². The molecule has 1 N–H and O–H groups in total. The van der Waals surface area contributed by atoms with Crippen molar-refractivity contribution in [2.45, 2.75) is 65.0 Å². The Balaban J connectivity index is 0.00000196. The van der Waals surface area contributed by atoms with Gasteiger partial charge in [0, 0.05) is 38.4 Å². The van der Waals surface area contributed by atoms with Gasteiger partial charge in [0.25, 0.3) is 0 Å². The standard InChI is InChI=1S/C20H27N3O2.W/c1-19(2)11-14(19)17(24)22-18-21-15-9-8-12(20(3,4)25)10-16(15)23(18)13-6-5-7-13;/h8-10,13-14,25H,5-7,11H2,1-4H3,(H,21,22,24);/p-1/t14-;/m0./s1. The molecule has 0 spiro atoms. The summed E-state index contributed by atoms with van der Waals surface area (Å²) in [7, 11) is 0. The van der Waals surface area contributed by atoms with E-state index in [4.69, 9.17) is 0 Å². The quantitative estimate of drug-likeness (QED) is 0.638. The van der Waals surface area contributed by atoms with Gasteiger partial charge in [-0.15, -0.1) is 0 Å². The van der Waals surface area contributed by atoms with E-state index >= 15 is 0 Å². The molecule has 1 aromatic carbocycles. The summed E-state index contributed by atoms with van der Waals surface area (Å²) in [4.78, 5) is 17.1. The predicted octanol–water partition coefficient (Wildman–Crippen LogP) is 4.56. The summed E-state index contributed by atoms with van der Waals surface area (Å²) < 4.78 is 2.11. The first-order valence-electron chi connectivity index (χ1n) is 9.17. The van der Waals surface area contributed by atoms with Crippen molar-refractivity contribution in [2.24, 2.45) is 11.3 Å². The number of carbonyl (C=O) groups is 1. The van der Waals surface area contributed by atoms with Crippen LogP contribution in [0.3, 0.4) is 0 Å². The van der Waals surface area contributed by atoms with Crippen molar-refractivity contribution in [3.63, 3.8) is 0 Å². The molecule has 1 aromatic heterocycles. The Morgan fingerprint density at radius 2 is 2.00 bits per heavy atom. The molecule has 1 atom stereocenters. The molecule has 2 aromatic rings. The second-order valence-electron chi connectivity index (χ2n) is 8.82. The molecule has 1 heterocycles. The van der Waals surface area contributed by atoms with E-state index in [9.17, 15) is 9.90 Å². The third-order valence-corrected chi connectivity index (χ3v) is 5.84. The summed E-state index contributed by atoms with van der Waals surface area (Å²) in [5.41, 5.74) is 1.81. The average molecular weight is 524 g/mol. The fourth-order valence-corrected chi connectivity index (χ4v) is 3.61. The molecule has 0 radical (unpaired) electrons. The van der Waals surface area contributed by atoms with Crippen LogP contribution in [0.2, 0.25) is 0 Å². The molecule has 140 valence electrons. The summed E-state index contributed by atoms with van der Waals surface area (Å²) in [6.07, 6.45) is 4.27. The van der Waals surface area contributed by atoms with Crippen molar-refractivity contribution in [1.82, 2.24) is 9.55 Å². The normalized spacial score (nSPS) is 21.8. The zero-order valence-corrected chi connectivity index (χ0v) is 18.8. The van der Waals surface area contributed by atoms with Gasteiger partial charge in [-0.05, 0) is 61.7 Å². The van der Waals surface area contributed by atoms with Gasteiger partial charge in [0.05, 0.1) is 5.60 Å². The van der Waals surface area contributed by atoms with E-state index in [1.54, 1.807) is 13.8 Å². The number of hydrogen-bond donors (Lipinski definition) is 1. The van der Waals surface area contributed by atoms with E-state index in [0.717, 1.165) is 35.9 Å². The number of fused-ring (bicyclic) bond motifs is 1. The molecule has 2 aliphatic rings. The van der Waals surface area contributed by atoms with E-state index in [-0.39, 0.29) is 38.3 Å². The second-order valence-corrected chi connectivity index (χ2v) is 8.82. The summed E-state index contributed by atoms with van der Waals surface area (Å²) in [5, 5.41) is 14.7. The van der Waals surface area contributed by atoms with Crippen molar-refractivity contribution >= 4 is 22.9 Å². The maximum Gasteiger partial charge on any atom is 0.183 e. The number of carbonyl (C=O) groups excluding carboxylic acids is 1. The van der Waals surface area contributed by atoms with Crippen LogP contribution in [0.25, 0.3) is 16.4 Å². The minimum Gasteiger partial charge on any atom is -0.394 e. The molecule has 2 saturated carbocycles. The van der Waals surface area contributed by atoms with Crippen LogP contribution in [-0.4, -0.2) is 20.6 Å². The van der Waals surface area contributed by atoms with Crippen LogP contribution in [0.1, 0.15) is 65.0 Å². The zero-order chi connectivity index (χ0) is 18.0. The van der Waals surface area contributed by atoms with Crippen molar-refractivity contribution in [3.8, 4) is 0 Å². The van der Waals surface area contributed by atoms with Crippen LogP contribution in [0.5, 0.6) is 0 Å². The van der Waals surface area contributed by atoms with Crippen molar-refractivity contribution < 1.29 is 31.0 Å². The van der Waals surface area contributed by atoms with E-state index < -0.39 is 5.60 Å². The van der Waals surface area contributed by atoms with Gasteiger partial charge in [-0.25, -0.2) is 0 Å². The number of aromatic nitrogens is 2. The number of benzene rings is 1. The Kier molecular flexibility index (Phi) is 4.86. The van der Waals surface area contributed by atoms with Crippen molar-refractivity contribution in [2.75, 3.05) is 0 Å². The average Bonchev–Trinajstić information content (AvgIpc) is 2.96. The monoisotopic (exact) mass is 524 g/mol. The Bertz CT molecular complexity index is 847. The fourth-order valence-electron chi connectivity index (χ4n) is 3.61. The van der Waals surface area contributed by atoms with Gasteiger partial charge in [0.15, 0.2) is 5.91 Å². The Morgan fingerprint density at radius 1 is 1.35 bits per heavy atom. The summed E-state index contributed by atoms with van der Waals surface area (Å²) in [5.74, 6) is 0.498. The first-order chi connectivity index (χ1) is 11.7. The Morgan fingerprint density at radius 3 is 2.50 bits per heavy atom. The minimum atomic E-state index is -0.909. The molecule has 1 amide bonds. The third kappa shape index (κ3) is 3.36. The van der Waals surface area contributed by atoms with Gasteiger partial charge in [-0.2, -0.15) is 0 Å². The number of nitrogens with zero attached hydrogens (tertiary/aromatic N) is 3. The summed E-state index contributed by atoms with van der Waals surface area (Å²) >= 11 is 0. The van der Waals surface area contributed by atoms with Gasteiger partial charge < -0.3 is 20.0 Å². The maximum absolute atomic E-state index is 12.5. The maximum atomic E-state index is 12.5. The molecule has 2 aliphatic carbocycles. The molecule has 2 fully saturated rings. The van der Waals surface area contributed by atoms with E-state index in [1.807, 2.05) is 18.2 Å². The van der Waals surface area contributed by atoms with Gasteiger partial charge in [-0.3, -0.25) is 4.79 Å². The topological polar surface area (TPSA) is 69.2 Å². The van der Waals surface area contributed by atoms with Gasteiger partial charge in [0.2, 0.25) is 0 Å². The number of hydrogen-bond acceptors (Lipinski definition) is 3. The molecular weight excluding hydrogens is 498 g/mol. The first kappa shape index (κ1) is 19.6. The van der Waals surface area contributed by atoms with Crippen molar-refractivity contribution in [3.05, 3.63) is 29.1 Å². The van der Waals surface area contributed by atoms with Crippen LogP contribution < -0.4 is 0 Å². The van der Waals surface area contributed by atoms with Gasteiger partial charge in [-0.1, -0.05) is 32.4 Å². The molecule has 26 heavy (non-hydrogen) atoms. The van der Waals surface area contributed by atoms with Crippen LogP contribution in [-0.2, 0) is 31.5 Å². The number of amides is 1. The first-order valence-corrected chi connectivity index (χ1v) is 9.17. The summed E-state index contributed by atoms with van der Waals surface area (Å²) in [6.45, 7) is 7.77. The number of rotatable bonds is 4. The SMILES string of the molecule is CC(C)(O)c1ccc2nc([N-]C(=O)[C@@H]3CC3(C)C)n(C3CCC3)c2c1.[W]. The molecule has 0 saturated heterocycles. The van der Waals surface area contributed by atoms with Gasteiger partial charge >= 0.3 is 0 Å². The van der Waals surface area contributed by atoms with Crippen LogP contribution >= 0.6 is 0 Å². The number of aliphatic hydroxyl groups is 1. The number of imidazole rings is 1. The largest absolute Gasteiger partial charge is 0.394 e. The fraction of sp³-hybridized carbons (Fsp3) is 0.600. The van der Waals surface area contributed by atoms with Crippen molar-refractivity contribution in [1.29, 1.82) is 0 Å². The second kappa shape index (κ2) is 6.45. The molecule has 6 heteroatoms. The van der Waals surface area contributed by atoms with Gasteiger partial charge in [0.1, 0.15) is 0 Å². The Hall–Kier alpha value is -1.19. The molecule has 0 aliphatic heterocycles. The van der Waals surface area contributed by atoms with Crippen LogP contribution in [0, 0.1) is 11.3 Å². The third-order valence-electron chi connectivity index (χ3n) is 5.84. The summed E-state index contributed by atoms with van der Waals surface area (Å²) in [6, 6.07) is 6.16. The van der Waals surface area contributed by atoms with Crippen LogP contribution in [0.4, 0.5) is 5.95 Å². The molecule has 0 unspecified atom stereocenters. The van der Waals surface area contributed by atoms with E-state index in [2.05, 4.69) is 28.7 Å². The molecule has 5 nitrogen and oxygen atoms in total. The minimum absolute atomic E-state index is 0. The molecule has 4 rings (SSSR count). The van der Waals surface area contributed by atoms with E-state index in [1.165, 1.54) is 6.42 Å². The predicted molar refractivity (Wildman–Crippen MR) is 97.8 cm³/mol.